The number of carbonyl (C=O) groups excluding carboxylic acids is 2. The van der Waals surface area contributed by atoms with Crippen LogP contribution in [0.2, 0.25) is 0 Å². The fraction of sp³-hybridized carbons (Fsp3) is 0.391. The smallest absolute Gasteiger partial charge is 0.321 e. The number of piperazine rings is 1. The van der Waals surface area contributed by atoms with Crippen LogP contribution in [0.5, 0.6) is 0 Å². The van der Waals surface area contributed by atoms with Crippen molar-refractivity contribution in [2.75, 3.05) is 37.2 Å². The highest BCUT2D eigenvalue weighted by Crippen LogP contribution is 2.31. The van der Waals surface area contributed by atoms with Gasteiger partial charge in [-0.15, -0.1) is 11.8 Å². The molecule has 2 aromatic rings. The summed E-state index contributed by atoms with van der Waals surface area (Å²) in [7, 11) is 0. The normalized spacial score (nSPS) is 14.1. The zero-order valence-electron chi connectivity index (χ0n) is 17.6. The Hall–Kier alpha value is -2.47. The molecule has 0 saturated carbocycles. The highest BCUT2D eigenvalue weighted by atomic mass is 32.2. The molecule has 1 fully saturated rings. The zero-order valence-corrected chi connectivity index (χ0v) is 18.4. The van der Waals surface area contributed by atoms with Crippen molar-refractivity contribution >= 4 is 29.4 Å². The molecule has 0 spiro atoms. The van der Waals surface area contributed by atoms with E-state index in [1.165, 1.54) is 27.1 Å². The maximum Gasteiger partial charge on any atom is 0.321 e. The summed E-state index contributed by atoms with van der Waals surface area (Å²) >= 11 is 1.63. The van der Waals surface area contributed by atoms with Crippen LogP contribution in [0.1, 0.15) is 22.3 Å². The van der Waals surface area contributed by atoms with Crippen molar-refractivity contribution in [3.63, 3.8) is 0 Å². The van der Waals surface area contributed by atoms with Gasteiger partial charge in [0.2, 0.25) is 5.91 Å². The molecule has 6 heteroatoms. The number of nitrogens with zero attached hydrogens (tertiary/aromatic N) is 2. The summed E-state index contributed by atoms with van der Waals surface area (Å²) in [6.07, 6.45) is 0. The molecule has 0 aliphatic carbocycles. The van der Waals surface area contributed by atoms with Gasteiger partial charge in [-0.1, -0.05) is 24.3 Å². The molecule has 0 aromatic heterocycles. The number of hydrogen-bond acceptors (Lipinski definition) is 3. The number of anilines is 1. The van der Waals surface area contributed by atoms with E-state index in [1.807, 2.05) is 35.2 Å². The van der Waals surface area contributed by atoms with Crippen molar-refractivity contribution in [2.45, 2.75) is 32.6 Å². The third-order valence-electron chi connectivity index (χ3n) is 5.58. The third-order valence-corrected chi connectivity index (χ3v) is 6.87. The maximum atomic E-state index is 12.7. The number of benzene rings is 2. The van der Waals surface area contributed by atoms with E-state index >= 15 is 0 Å². The summed E-state index contributed by atoms with van der Waals surface area (Å²) in [5, 5.41) is 2.90. The van der Waals surface area contributed by atoms with Crippen LogP contribution in [0, 0.1) is 27.7 Å². The van der Waals surface area contributed by atoms with Crippen LogP contribution in [0.3, 0.4) is 0 Å². The second kappa shape index (κ2) is 9.35. The number of urea groups is 1. The van der Waals surface area contributed by atoms with Crippen LogP contribution < -0.4 is 5.32 Å². The topological polar surface area (TPSA) is 52.7 Å². The average Bonchev–Trinajstić information content (AvgIpc) is 2.73. The summed E-state index contributed by atoms with van der Waals surface area (Å²) in [6.45, 7) is 10.7. The number of nitrogens with one attached hydrogen (secondary N) is 1. The molecule has 1 aliphatic rings. The second-order valence-electron chi connectivity index (χ2n) is 7.54. The van der Waals surface area contributed by atoms with Gasteiger partial charge in [0.25, 0.3) is 0 Å². The van der Waals surface area contributed by atoms with E-state index in [9.17, 15) is 9.59 Å². The Morgan fingerprint density at radius 2 is 1.45 bits per heavy atom. The highest BCUT2D eigenvalue weighted by Gasteiger charge is 2.24. The molecule has 0 unspecified atom stereocenters. The van der Waals surface area contributed by atoms with E-state index in [1.54, 1.807) is 16.7 Å². The molecular formula is C23H29N3O2S. The van der Waals surface area contributed by atoms with Gasteiger partial charge in [-0.2, -0.15) is 0 Å². The van der Waals surface area contributed by atoms with Crippen LogP contribution in [0.15, 0.2) is 41.3 Å². The lowest BCUT2D eigenvalue weighted by molar-refractivity contribution is -0.129. The van der Waals surface area contributed by atoms with E-state index in [0.717, 1.165) is 5.69 Å². The largest absolute Gasteiger partial charge is 0.338 e. The molecule has 1 saturated heterocycles. The quantitative estimate of drug-likeness (QED) is 0.759. The van der Waals surface area contributed by atoms with Crippen LogP contribution >= 0.6 is 11.8 Å². The Balaban J connectivity index is 1.51. The zero-order chi connectivity index (χ0) is 21.0. The minimum Gasteiger partial charge on any atom is -0.338 e. The SMILES string of the molecule is Cc1cc(C)c(C)c(SCC(=O)N2CCN(C(=O)Nc3ccccc3)CC2)c1C. The number of aryl methyl sites for hydroxylation is 2. The molecule has 154 valence electrons. The van der Waals surface area contributed by atoms with E-state index in [4.69, 9.17) is 0 Å². The number of carbonyl (C=O) groups is 2. The van der Waals surface area contributed by atoms with Crippen LogP contribution in [0.25, 0.3) is 0 Å². The van der Waals surface area contributed by atoms with E-state index < -0.39 is 0 Å². The van der Waals surface area contributed by atoms with Gasteiger partial charge < -0.3 is 15.1 Å². The Kier molecular flexibility index (Phi) is 6.85. The Labute approximate surface area is 177 Å². The molecule has 0 radical (unpaired) electrons. The van der Waals surface area contributed by atoms with Crippen LogP contribution in [-0.2, 0) is 4.79 Å². The highest BCUT2D eigenvalue weighted by molar-refractivity contribution is 8.00. The molecule has 1 aliphatic heterocycles. The number of thioether (sulfide) groups is 1. The Morgan fingerprint density at radius 3 is 2.03 bits per heavy atom. The number of rotatable bonds is 4. The van der Waals surface area contributed by atoms with Crippen LogP contribution in [0.4, 0.5) is 10.5 Å². The van der Waals surface area contributed by atoms with Crippen molar-refractivity contribution in [3.8, 4) is 0 Å². The minimum absolute atomic E-state index is 0.112. The first-order valence-corrected chi connectivity index (χ1v) is 10.9. The number of para-hydroxylation sites is 1. The van der Waals surface area contributed by atoms with Gasteiger partial charge >= 0.3 is 6.03 Å². The first-order chi connectivity index (χ1) is 13.9. The van der Waals surface area contributed by atoms with Crippen molar-refractivity contribution in [1.82, 2.24) is 9.80 Å². The lowest BCUT2D eigenvalue weighted by Crippen LogP contribution is -2.52. The lowest BCUT2D eigenvalue weighted by Gasteiger charge is -2.34. The molecule has 2 aromatic carbocycles. The van der Waals surface area contributed by atoms with Crippen molar-refractivity contribution < 1.29 is 9.59 Å². The first kappa shape index (κ1) is 21.2. The van der Waals surface area contributed by atoms with E-state index in [0.29, 0.717) is 31.9 Å². The molecule has 3 rings (SSSR count). The van der Waals surface area contributed by atoms with Crippen molar-refractivity contribution in [3.05, 3.63) is 58.7 Å². The van der Waals surface area contributed by atoms with Gasteiger partial charge in [0.1, 0.15) is 0 Å². The fourth-order valence-corrected chi connectivity index (χ4v) is 4.71. The monoisotopic (exact) mass is 411 g/mol. The van der Waals surface area contributed by atoms with Crippen LogP contribution in [-0.4, -0.2) is 53.7 Å². The molecule has 0 atom stereocenters. The molecule has 1 heterocycles. The predicted octanol–water partition coefficient (Wildman–Crippen LogP) is 4.39. The molecule has 29 heavy (non-hydrogen) atoms. The van der Waals surface area contributed by atoms with E-state index in [-0.39, 0.29) is 11.9 Å². The van der Waals surface area contributed by atoms with Gasteiger partial charge in [0.15, 0.2) is 0 Å². The maximum absolute atomic E-state index is 12.7. The third kappa shape index (κ3) is 5.12. The van der Waals surface area contributed by atoms with Crippen molar-refractivity contribution in [2.24, 2.45) is 0 Å². The molecular weight excluding hydrogens is 382 g/mol. The number of hydrogen-bond donors (Lipinski definition) is 1. The van der Waals surface area contributed by atoms with E-state index in [2.05, 4.69) is 39.1 Å². The minimum atomic E-state index is -0.112. The molecule has 0 bridgehead atoms. The molecule has 3 amide bonds. The van der Waals surface area contributed by atoms with Gasteiger partial charge in [-0.3, -0.25) is 4.79 Å². The summed E-state index contributed by atoms with van der Waals surface area (Å²) in [5.41, 5.74) is 5.83. The average molecular weight is 412 g/mol. The predicted molar refractivity (Wildman–Crippen MR) is 120 cm³/mol. The Bertz CT molecular complexity index is 864. The van der Waals surface area contributed by atoms with Gasteiger partial charge in [-0.05, 0) is 62.1 Å². The molecule has 5 nitrogen and oxygen atoms in total. The van der Waals surface area contributed by atoms with Gasteiger partial charge in [0, 0.05) is 36.8 Å². The second-order valence-corrected chi connectivity index (χ2v) is 8.53. The number of amides is 3. The fourth-order valence-electron chi connectivity index (χ4n) is 3.51. The lowest BCUT2D eigenvalue weighted by atomic mass is 10.0. The van der Waals surface area contributed by atoms with Gasteiger partial charge in [-0.25, -0.2) is 4.79 Å². The summed E-state index contributed by atoms with van der Waals surface area (Å²) in [4.78, 5) is 30.0. The van der Waals surface area contributed by atoms with Crippen molar-refractivity contribution in [1.29, 1.82) is 0 Å². The first-order valence-electron chi connectivity index (χ1n) is 9.95. The standard InChI is InChI=1S/C23H29N3O2S/c1-16-14-17(2)19(4)22(18(16)3)29-15-21(27)25-10-12-26(13-11-25)23(28)24-20-8-6-5-7-9-20/h5-9,14H,10-13,15H2,1-4H3,(H,24,28). The summed E-state index contributed by atoms with van der Waals surface area (Å²) in [5.74, 6) is 0.567. The van der Waals surface area contributed by atoms with Gasteiger partial charge in [0.05, 0.1) is 5.75 Å². The summed E-state index contributed by atoms with van der Waals surface area (Å²) in [6, 6.07) is 11.5. The Morgan fingerprint density at radius 1 is 0.897 bits per heavy atom. The summed E-state index contributed by atoms with van der Waals surface area (Å²) < 4.78 is 0. The molecule has 1 N–H and O–H groups in total.